The lowest BCUT2D eigenvalue weighted by Gasteiger charge is -2.13. The number of anilines is 2. The van der Waals surface area contributed by atoms with E-state index in [4.69, 9.17) is 10.5 Å². The van der Waals surface area contributed by atoms with Crippen LogP contribution in [0.5, 0.6) is 11.6 Å². The summed E-state index contributed by atoms with van der Waals surface area (Å²) in [6.07, 6.45) is 2.26. The predicted octanol–water partition coefficient (Wildman–Crippen LogP) is 3.48. The molecule has 4 N–H and O–H groups in total. The number of nitrogens with two attached hydrogens (primary N) is 1. The number of nitrogens with one attached hydrogen (secondary N) is 2. The molecule has 1 amide bonds. The molecule has 0 radical (unpaired) electrons. The summed E-state index contributed by atoms with van der Waals surface area (Å²) in [5, 5.41) is 0. The Morgan fingerprint density at radius 1 is 1.11 bits per heavy atom. The molecular formula is C20H21N5O2. The summed E-state index contributed by atoms with van der Waals surface area (Å²) in [4.78, 5) is 20.4. The summed E-state index contributed by atoms with van der Waals surface area (Å²) in [5.41, 5.74) is 14.2. The van der Waals surface area contributed by atoms with Gasteiger partial charge in [0.05, 0.1) is 0 Å². The van der Waals surface area contributed by atoms with Gasteiger partial charge in [-0.2, -0.15) is 4.98 Å². The van der Waals surface area contributed by atoms with Crippen molar-refractivity contribution in [3.63, 3.8) is 0 Å². The van der Waals surface area contributed by atoms with Gasteiger partial charge < -0.3 is 10.5 Å². The van der Waals surface area contributed by atoms with Crippen LogP contribution in [0.25, 0.3) is 0 Å². The number of benzene rings is 2. The molecule has 7 nitrogen and oxygen atoms in total. The van der Waals surface area contributed by atoms with Crippen LogP contribution >= 0.6 is 0 Å². The smallest absolute Gasteiger partial charge is 0.269 e. The molecule has 0 saturated carbocycles. The van der Waals surface area contributed by atoms with Crippen molar-refractivity contribution in [2.45, 2.75) is 20.3 Å². The third kappa shape index (κ3) is 4.33. The van der Waals surface area contributed by atoms with Crippen molar-refractivity contribution in [2.24, 2.45) is 0 Å². The molecule has 0 bridgehead atoms. The average Bonchev–Trinajstić information content (AvgIpc) is 2.69. The van der Waals surface area contributed by atoms with Crippen molar-refractivity contribution in [3.05, 3.63) is 71.5 Å². The van der Waals surface area contributed by atoms with Crippen LogP contribution < -0.4 is 21.3 Å². The maximum Gasteiger partial charge on any atom is 0.269 e. The largest absolute Gasteiger partial charge is 0.437 e. The number of nitrogens with zero attached hydrogens (tertiary/aromatic N) is 2. The Morgan fingerprint density at radius 2 is 1.85 bits per heavy atom. The molecule has 138 valence electrons. The van der Waals surface area contributed by atoms with E-state index in [1.165, 1.54) is 11.9 Å². The molecule has 2 aromatic carbocycles. The number of hydrogen-bond acceptors (Lipinski definition) is 6. The van der Waals surface area contributed by atoms with E-state index >= 15 is 0 Å². The van der Waals surface area contributed by atoms with Gasteiger partial charge >= 0.3 is 0 Å². The van der Waals surface area contributed by atoms with Gasteiger partial charge in [0, 0.05) is 5.56 Å². The number of ether oxygens (including phenoxy) is 1. The molecule has 0 spiro atoms. The topological polar surface area (TPSA) is 102 Å². The third-order valence-corrected chi connectivity index (χ3v) is 4.08. The fraction of sp³-hybridized carbons (Fsp3) is 0.150. The number of hydrogen-bond donors (Lipinski definition) is 3. The Bertz CT molecular complexity index is 941. The highest BCUT2D eigenvalue weighted by atomic mass is 16.5. The zero-order valence-corrected chi connectivity index (χ0v) is 15.2. The molecule has 0 atom stereocenters. The lowest BCUT2D eigenvalue weighted by Crippen LogP contribution is -2.30. The zero-order chi connectivity index (χ0) is 19.2. The number of hydrazine groups is 1. The van der Waals surface area contributed by atoms with Crippen LogP contribution in [0.4, 0.5) is 11.5 Å². The van der Waals surface area contributed by atoms with E-state index < -0.39 is 0 Å². The van der Waals surface area contributed by atoms with E-state index in [1.807, 2.05) is 43.3 Å². The van der Waals surface area contributed by atoms with E-state index in [0.29, 0.717) is 11.3 Å². The van der Waals surface area contributed by atoms with Gasteiger partial charge in [0.15, 0.2) is 5.82 Å². The quantitative estimate of drug-likeness (QED) is 0.580. The summed E-state index contributed by atoms with van der Waals surface area (Å²) < 4.78 is 5.73. The molecule has 0 aliphatic heterocycles. The van der Waals surface area contributed by atoms with Crippen molar-refractivity contribution >= 4 is 17.4 Å². The van der Waals surface area contributed by atoms with Gasteiger partial charge in [0.2, 0.25) is 5.88 Å². The van der Waals surface area contributed by atoms with Gasteiger partial charge in [0.25, 0.3) is 5.91 Å². The van der Waals surface area contributed by atoms with Crippen LogP contribution in [-0.2, 0) is 6.42 Å². The van der Waals surface area contributed by atoms with Crippen molar-refractivity contribution in [2.75, 3.05) is 11.2 Å². The van der Waals surface area contributed by atoms with E-state index in [0.717, 1.165) is 12.0 Å². The van der Waals surface area contributed by atoms with E-state index in [-0.39, 0.29) is 23.3 Å². The van der Waals surface area contributed by atoms with Crippen LogP contribution in [-0.4, -0.2) is 15.9 Å². The Morgan fingerprint density at radius 3 is 2.56 bits per heavy atom. The van der Waals surface area contributed by atoms with E-state index in [9.17, 15) is 4.79 Å². The number of aromatic nitrogens is 2. The number of aryl methyl sites for hydroxylation is 2. The van der Waals surface area contributed by atoms with Crippen LogP contribution in [0.3, 0.4) is 0 Å². The Labute approximate surface area is 157 Å². The van der Waals surface area contributed by atoms with Gasteiger partial charge in [-0.1, -0.05) is 37.3 Å². The molecule has 0 saturated heterocycles. The number of rotatable bonds is 6. The Kier molecular flexibility index (Phi) is 5.51. The first-order valence-electron chi connectivity index (χ1n) is 8.57. The van der Waals surface area contributed by atoms with Crippen LogP contribution in [0.15, 0.2) is 54.9 Å². The van der Waals surface area contributed by atoms with Gasteiger partial charge in [-0.05, 0) is 42.7 Å². The molecule has 27 heavy (non-hydrogen) atoms. The van der Waals surface area contributed by atoms with Gasteiger partial charge in [-0.15, -0.1) is 0 Å². The summed E-state index contributed by atoms with van der Waals surface area (Å²) >= 11 is 0. The second-order valence-corrected chi connectivity index (χ2v) is 5.93. The van der Waals surface area contributed by atoms with Gasteiger partial charge in [-0.25, -0.2) is 4.98 Å². The van der Waals surface area contributed by atoms with Gasteiger partial charge in [0.1, 0.15) is 17.8 Å². The monoisotopic (exact) mass is 363 g/mol. The number of amides is 1. The molecule has 7 heteroatoms. The fourth-order valence-corrected chi connectivity index (χ4v) is 2.48. The minimum atomic E-state index is -0.288. The molecule has 0 aliphatic rings. The van der Waals surface area contributed by atoms with E-state index in [1.54, 1.807) is 12.1 Å². The van der Waals surface area contributed by atoms with Crippen molar-refractivity contribution in [1.29, 1.82) is 0 Å². The highest BCUT2D eigenvalue weighted by Gasteiger charge is 2.13. The maximum atomic E-state index is 12.3. The molecule has 3 aromatic rings. The first-order chi connectivity index (χ1) is 13.1. The van der Waals surface area contributed by atoms with Gasteiger partial charge in [-0.3, -0.25) is 15.6 Å². The van der Waals surface area contributed by atoms with Crippen molar-refractivity contribution < 1.29 is 9.53 Å². The third-order valence-electron chi connectivity index (χ3n) is 4.08. The maximum absolute atomic E-state index is 12.3. The zero-order valence-electron chi connectivity index (χ0n) is 15.2. The van der Waals surface area contributed by atoms with Crippen LogP contribution in [0.2, 0.25) is 0 Å². The van der Waals surface area contributed by atoms with Crippen LogP contribution in [0, 0.1) is 6.92 Å². The number of nitrogen functional groups attached to an aromatic ring is 1. The molecule has 0 unspecified atom stereocenters. The summed E-state index contributed by atoms with van der Waals surface area (Å²) in [7, 11) is 0. The molecule has 1 heterocycles. The Balaban J connectivity index is 1.71. The predicted molar refractivity (Wildman–Crippen MR) is 105 cm³/mol. The lowest BCUT2D eigenvalue weighted by molar-refractivity contribution is 0.0962. The second-order valence-electron chi connectivity index (χ2n) is 5.93. The molecule has 0 fully saturated rings. The average molecular weight is 363 g/mol. The SMILES string of the molecule is CCc1ccc(Oc2ncnc(NNC(=O)c3ccccc3C)c2N)cc1. The molecule has 1 aromatic heterocycles. The minimum absolute atomic E-state index is 0.196. The lowest BCUT2D eigenvalue weighted by atomic mass is 10.1. The van der Waals surface area contributed by atoms with Crippen molar-refractivity contribution in [3.8, 4) is 11.6 Å². The standard InChI is InChI=1S/C20H21N5O2/c1-3-14-8-10-15(11-9-14)27-20-17(21)18(22-12-23-20)24-25-19(26)16-7-5-4-6-13(16)2/h4-12H,3,21H2,1-2H3,(H,25,26)(H,22,23,24). The first kappa shape index (κ1) is 18.2. The summed E-state index contributed by atoms with van der Waals surface area (Å²) in [6.45, 7) is 3.95. The normalized spacial score (nSPS) is 10.3. The highest BCUT2D eigenvalue weighted by molar-refractivity contribution is 5.96. The summed E-state index contributed by atoms with van der Waals surface area (Å²) in [5.74, 6) is 0.797. The molecular weight excluding hydrogens is 342 g/mol. The Hall–Kier alpha value is -3.61. The molecule has 0 aliphatic carbocycles. The van der Waals surface area contributed by atoms with E-state index in [2.05, 4.69) is 27.7 Å². The fourth-order valence-electron chi connectivity index (χ4n) is 2.48. The highest BCUT2D eigenvalue weighted by Crippen LogP contribution is 2.29. The first-order valence-corrected chi connectivity index (χ1v) is 8.57. The number of carbonyl (C=O) groups excluding carboxylic acids is 1. The van der Waals surface area contributed by atoms with Crippen molar-refractivity contribution in [1.82, 2.24) is 15.4 Å². The molecule has 3 rings (SSSR count). The minimum Gasteiger partial charge on any atom is -0.437 e. The second kappa shape index (κ2) is 8.18. The van der Waals surface area contributed by atoms with Crippen LogP contribution in [0.1, 0.15) is 28.4 Å². The summed E-state index contributed by atoms with van der Waals surface area (Å²) in [6, 6.07) is 15.0. The number of carbonyl (C=O) groups is 1.